The van der Waals surface area contributed by atoms with Crippen LogP contribution in [0.3, 0.4) is 0 Å². The maximum atomic E-state index is 12.8. The number of urea groups is 1. The van der Waals surface area contributed by atoms with Crippen molar-refractivity contribution in [2.24, 2.45) is 5.92 Å². The Labute approximate surface area is 190 Å². The van der Waals surface area contributed by atoms with Gasteiger partial charge in [0.05, 0.1) is 10.6 Å². The summed E-state index contributed by atoms with van der Waals surface area (Å²) in [5.74, 6) is 0.0267. The van der Waals surface area contributed by atoms with E-state index in [9.17, 15) is 9.59 Å². The highest BCUT2D eigenvalue weighted by Gasteiger charge is 2.24. The van der Waals surface area contributed by atoms with Gasteiger partial charge >= 0.3 is 6.03 Å². The van der Waals surface area contributed by atoms with Crippen molar-refractivity contribution in [3.8, 4) is 0 Å². The van der Waals surface area contributed by atoms with Crippen molar-refractivity contribution in [2.45, 2.75) is 40.3 Å². The maximum absolute atomic E-state index is 12.8. The van der Waals surface area contributed by atoms with Crippen molar-refractivity contribution < 1.29 is 9.59 Å². The number of anilines is 2. The van der Waals surface area contributed by atoms with E-state index >= 15 is 0 Å². The van der Waals surface area contributed by atoms with Gasteiger partial charge in [-0.1, -0.05) is 37.6 Å². The summed E-state index contributed by atoms with van der Waals surface area (Å²) in [6.07, 6.45) is 0. The Morgan fingerprint density at radius 2 is 1.74 bits per heavy atom. The average molecular weight is 445 g/mol. The fourth-order valence-corrected chi connectivity index (χ4v) is 3.49. The second-order valence-corrected chi connectivity index (χ2v) is 8.53. The van der Waals surface area contributed by atoms with Gasteiger partial charge in [0, 0.05) is 44.6 Å². The van der Waals surface area contributed by atoms with Crippen molar-refractivity contribution in [3.05, 3.63) is 58.6 Å². The van der Waals surface area contributed by atoms with Gasteiger partial charge in [-0.25, -0.2) is 4.79 Å². The number of halogens is 1. The zero-order chi connectivity index (χ0) is 23.1. The third-order valence-corrected chi connectivity index (χ3v) is 5.65. The zero-order valence-electron chi connectivity index (χ0n) is 19.2. The average Bonchev–Trinajstić information content (AvgIpc) is 2.71. The number of carbonyl (C=O) groups excluding carboxylic acids is 2. The van der Waals surface area contributed by atoms with E-state index in [-0.39, 0.29) is 18.0 Å². The van der Waals surface area contributed by atoms with Crippen LogP contribution >= 0.6 is 11.6 Å². The molecule has 0 radical (unpaired) electrons. The van der Waals surface area contributed by atoms with E-state index in [0.717, 1.165) is 11.3 Å². The molecule has 0 fully saturated rings. The zero-order valence-corrected chi connectivity index (χ0v) is 20.0. The Bertz CT molecular complexity index is 914. The Morgan fingerprint density at radius 3 is 2.32 bits per heavy atom. The number of nitrogens with zero attached hydrogens (tertiary/aromatic N) is 2. The normalized spacial score (nSPS) is 11.7. The van der Waals surface area contributed by atoms with Crippen LogP contribution in [0.4, 0.5) is 16.2 Å². The van der Waals surface area contributed by atoms with Crippen LogP contribution < -0.4 is 15.5 Å². The molecule has 3 amide bonds. The number of hydrogen-bond acceptors (Lipinski definition) is 3. The molecule has 2 rings (SSSR count). The number of rotatable bonds is 8. The predicted octanol–water partition coefficient (Wildman–Crippen LogP) is 5.23. The van der Waals surface area contributed by atoms with E-state index < -0.39 is 0 Å². The highest BCUT2D eigenvalue weighted by Crippen LogP contribution is 2.27. The minimum Gasteiger partial charge on any atom is -0.377 e. The Morgan fingerprint density at radius 1 is 1.06 bits per heavy atom. The van der Waals surface area contributed by atoms with Crippen molar-refractivity contribution >= 4 is 34.9 Å². The second kappa shape index (κ2) is 11.0. The van der Waals surface area contributed by atoms with Gasteiger partial charge in [0.2, 0.25) is 0 Å². The van der Waals surface area contributed by atoms with Crippen LogP contribution in [-0.4, -0.2) is 43.5 Å². The standard InChI is InChI=1S/C24H33ClN4O2/c1-7-26-24(31)29(17(4)16(2)3)15-18-14-19(12-13-22(18)28(5)6)27-23(30)20-10-8-9-11-21(20)25/h8-14,16-17H,7,15H2,1-6H3,(H,26,31)(H,27,30). The first kappa shape index (κ1) is 24.5. The fraction of sp³-hybridized carbons (Fsp3) is 0.417. The Hall–Kier alpha value is -2.73. The molecule has 0 saturated carbocycles. The van der Waals surface area contributed by atoms with E-state index in [4.69, 9.17) is 11.6 Å². The van der Waals surface area contributed by atoms with E-state index in [2.05, 4.69) is 31.4 Å². The SMILES string of the molecule is CCNC(=O)N(Cc1cc(NC(=O)c2ccccc2Cl)ccc1N(C)C)C(C)C(C)C. The molecule has 0 aromatic heterocycles. The molecule has 0 aliphatic carbocycles. The quantitative estimate of drug-likeness (QED) is 0.585. The van der Waals surface area contributed by atoms with Gasteiger partial charge in [-0.05, 0) is 55.7 Å². The lowest BCUT2D eigenvalue weighted by Crippen LogP contribution is -2.46. The van der Waals surface area contributed by atoms with Gasteiger partial charge in [0.25, 0.3) is 5.91 Å². The van der Waals surface area contributed by atoms with Crippen molar-refractivity contribution in [1.29, 1.82) is 0 Å². The van der Waals surface area contributed by atoms with E-state index in [1.807, 2.05) is 49.0 Å². The van der Waals surface area contributed by atoms with Gasteiger partial charge in [-0.15, -0.1) is 0 Å². The van der Waals surface area contributed by atoms with Gasteiger partial charge in [-0.3, -0.25) is 4.79 Å². The van der Waals surface area contributed by atoms with Gasteiger partial charge in [0.15, 0.2) is 0 Å². The van der Waals surface area contributed by atoms with Crippen molar-refractivity contribution in [2.75, 3.05) is 30.9 Å². The number of carbonyl (C=O) groups is 2. The summed E-state index contributed by atoms with van der Waals surface area (Å²) >= 11 is 6.16. The topological polar surface area (TPSA) is 64.7 Å². The molecule has 2 N–H and O–H groups in total. The largest absolute Gasteiger partial charge is 0.377 e. The van der Waals surface area contributed by atoms with Crippen LogP contribution in [0.1, 0.15) is 43.6 Å². The molecule has 31 heavy (non-hydrogen) atoms. The van der Waals surface area contributed by atoms with Crippen LogP contribution in [0.5, 0.6) is 0 Å². The monoisotopic (exact) mass is 444 g/mol. The Kier molecular flexibility index (Phi) is 8.75. The second-order valence-electron chi connectivity index (χ2n) is 8.12. The van der Waals surface area contributed by atoms with Crippen LogP contribution in [-0.2, 0) is 6.54 Å². The van der Waals surface area contributed by atoms with E-state index in [0.29, 0.717) is 35.3 Å². The predicted molar refractivity (Wildman–Crippen MR) is 129 cm³/mol. The van der Waals surface area contributed by atoms with Crippen LogP contribution in [0.15, 0.2) is 42.5 Å². The highest BCUT2D eigenvalue weighted by molar-refractivity contribution is 6.34. The van der Waals surface area contributed by atoms with Crippen molar-refractivity contribution in [1.82, 2.24) is 10.2 Å². The number of hydrogen-bond donors (Lipinski definition) is 2. The first-order valence-corrected chi connectivity index (χ1v) is 10.9. The first-order chi connectivity index (χ1) is 14.6. The molecule has 2 aromatic rings. The molecule has 0 saturated heterocycles. The van der Waals surface area contributed by atoms with Crippen LogP contribution in [0.25, 0.3) is 0 Å². The van der Waals surface area contributed by atoms with Gasteiger partial charge < -0.3 is 20.4 Å². The minimum atomic E-state index is -0.273. The molecule has 0 aliphatic heterocycles. The van der Waals surface area contributed by atoms with E-state index in [1.54, 1.807) is 24.3 Å². The lowest BCUT2D eigenvalue weighted by atomic mass is 10.0. The fourth-order valence-electron chi connectivity index (χ4n) is 3.27. The molecule has 0 heterocycles. The summed E-state index contributed by atoms with van der Waals surface area (Å²) in [6, 6.07) is 12.6. The third-order valence-electron chi connectivity index (χ3n) is 5.32. The molecular formula is C24H33ClN4O2. The highest BCUT2D eigenvalue weighted by atomic mass is 35.5. The lowest BCUT2D eigenvalue weighted by molar-refractivity contribution is 0.102. The molecule has 1 atom stereocenters. The first-order valence-electron chi connectivity index (χ1n) is 10.6. The van der Waals surface area contributed by atoms with E-state index in [1.165, 1.54) is 0 Å². The van der Waals surface area contributed by atoms with Crippen LogP contribution in [0.2, 0.25) is 5.02 Å². The molecular weight excluding hydrogens is 412 g/mol. The molecule has 0 spiro atoms. The third kappa shape index (κ3) is 6.37. The molecule has 1 unspecified atom stereocenters. The summed E-state index contributed by atoms with van der Waals surface area (Å²) in [7, 11) is 3.92. The molecule has 2 aromatic carbocycles. The number of amides is 3. The van der Waals surface area contributed by atoms with Crippen LogP contribution in [0, 0.1) is 5.92 Å². The Balaban J connectivity index is 2.37. The van der Waals surface area contributed by atoms with Gasteiger partial charge in [0.1, 0.15) is 0 Å². The lowest BCUT2D eigenvalue weighted by Gasteiger charge is -2.33. The minimum absolute atomic E-state index is 0.0444. The molecule has 7 heteroatoms. The maximum Gasteiger partial charge on any atom is 0.317 e. The molecule has 6 nitrogen and oxygen atoms in total. The van der Waals surface area contributed by atoms with Crippen molar-refractivity contribution in [3.63, 3.8) is 0 Å². The number of nitrogens with one attached hydrogen (secondary N) is 2. The molecule has 168 valence electrons. The smallest absolute Gasteiger partial charge is 0.317 e. The van der Waals surface area contributed by atoms with Gasteiger partial charge in [-0.2, -0.15) is 0 Å². The summed E-state index contributed by atoms with van der Waals surface area (Å²) in [4.78, 5) is 29.3. The summed E-state index contributed by atoms with van der Waals surface area (Å²) in [5.41, 5.74) is 3.00. The summed E-state index contributed by atoms with van der Waals surface area (Å²) in [6.45, 7) is 9.15. The number of benzene rings is 2. The molecule has 0 bridgehead atoms. The molecule has 0 aliphatic rings. The summed E-state index contributed by atoms with van der Waals surface area (Å²) in [5, 5.41) is 6.24. The summed E-state index contributed by atoms with van der Waals surface area (Å²) < 4.78 is 0.